The van der Waals surface area contributed by atoms with Crippen LogP contribution < -0.4 is 0 Å². The molecule has 0 unspecified atom stereocenters. The van der Waals surface area contributed by atoms with Crippen LogP contribution in [0.2, 0.25) is 0 Å². The van der Waals surface area contributed by atoms with E-state index >= 15 is 0 Å². The van der Waals surface area contributed by atoms with Crippen molar-refractivity contribution in [1.29, 1.82) is 5.26 Å². The summed E-state index contributed by atoms with van der Waals surface area (Å²) < 4.78 is 0. The van der Waals surface area contributed by atoms with E-state index in [0.717, 1.165) is 0 Å². The zero-order valence-corrected chi connectivity index (χ0v) is 4.38. The predicted octanol–water partition coefficient (Wildman–Crippen LogP) is 0.00468. The third-order valence-electron chi connectivity index (χ3n) is 0.400. The van der Waals surface area contributed by atoms with Crippen LogP contribution in [0.5, 0.6) is 0 Å². The summed E-state index contributed by atoms with van der Waals surface area (Å²) in [6, 6.07) is 1.60. The van der Waals surface area contributed by atoms with Crippen molar-refractivity contribution in [3.05, 3.63) is 0 Å². The molecule has 0 radical (unpaired) electrons. The molecule has 0 amide bonds. The first-order chi connectivity index (χ1) is 3.81. The molecule has 0 bridgehead atoms. The molecule has 0 spiro atoms. The number of hydrogen-bond acceptors (Lipinski definition) is 4. The average molecular weight is 115 g/mol. The SMILES string of the molecule is COOC(=O)CC#N. The second-order valence-corrected chi connectivity index (χ2v) is 0.957. The minimum atomic E-state index is -0.671. The molecule has 0 saturated carbocycles. The van der Waals surface area contributed by atoms with Gasteiger partial charge in [-0.3, -0.25) is 4.89 Å². The van der Waals surface area contributed by atoms with Crippen LogP contribution in [0.15, 0.2) is 0 Å². The maximum atomic E-state index is 10.1. The fourth-order valence-electron chi connectivity index (χ4n) is 0.187. The molecular formula is C4H5NO3. The quantitative estimate of drug-likeness (QED) is 0.375. The van der Waals surface area contributed by atoms with Gasteiger partial charge in [-0.1, -0.05) is 0 Å². The number of nitriles is 1. The van der Waals surface area contributed by atoms with Gasteiger partial charge in [0.05, 0.1) is 13.2 Å². The summed E-state index contributed by atoms with van der Waals surface area (Å²) >= 11 is 0. The lowest BCUT2D eigenvalue weighted by Crippen LogP contribution is -2.00. The lowest BCUT2D eigenvalue weighted by atomic mass is 10.5. The lowest BCUT2D eigenvalue weighted by Gasteiger charge is -1.90. The molecule has 0 aliphatic rings. The molecule has 0 aromatic heterocycles. The van der Waals surface area contributed by atoms with Crippen LogP contribution in [0.1, 0.15) is 6.42 Å². The molecule has 0 aromatic rings. The van der Waals surface area contributed by atoms with Gasteiger partial charge in [0.1, 0.15) is 6.42 Å². The van der Waals surface area contributed by atoms with E-state index < -0.39 is 5.97 Å². The van der Waals surface area contributed by atoms with Gasteiger partial charge in [0.25, 0.3) is 0 Å². The van der Waals surface area contributed by atoms with E-state index in [1.165, 1.54) is 7.11 Å². The number of rotatable bonds is 2. The third kappa shape index (κ3) is 3.12. The Morgan fingerprint density at radius 1 is 1.88 bits per heavy atom. The molecule has 8 heavy (non-hydrogen) atoms. The van der Waals surface area contributed by atoms with Crippen molar-refractivity contribution in [2.75, 3.05) is 7.11 Å². The zero-order valence-electron chi connectivity index (χ0n) is 4.38. The van der Waals surface area contributed by atoms with E-state index in [0.29, 0.717) is 0 Å². The Morgan fingerprint density at radius 3 is 2.88 bits per heavy atom. The minimum absolute atomic E-state index is 0.270. The first-order valence-corrected chi connectivity index (χ1v) is 1.91. The van der Waals surface area contributed by atoms with Crippen molar-refractivity contribution in [3.8, 4) is 6.07 Å². The third-order valence-corrected chi connectivity index (χ3v) is 0.400. The molecule has 0 aliphatic carbocycles. The van der Waals surface area contributed by atoms with E-state index in [1.807, 2.05) is 0 Å². The maximum absolute atomic E-state index is 10.1. The van der Waals surface area contributed by atoms with Gasteiger partial charge in [0.15, 0.2) is 0 Å². The van der Waals surface area contributed by atoms with Crippen LogP contribution in [-0.2, 0) is 14.6 Å². The van der Waals surface area contributed by atoms with Gasteiger partial charge in [-0.05, 0) is 0 Å². The number of carbonyl (C=O) groups is 1. The highest BCUT2D eigenvalue weighted by Gasteiger charge is 1.98. The fraction of sp³-hybridized carbons (Fsp3) is 0.500. The van der Waals surface area contributed by atoms with Gasteiger partial charge in [0, 0.05) is 0 Å². The van der Waals surface area contributed by atoms with Crippen molar-refractivity contribution in [2.24, 2.45) is 0 Å². The highest BCUT2D eigenvalue weighted by Crippen LogP contribution is 1.81. The topological polar surface area (TPSA) is 59.3 Å². The smallest absolute Gasteiger partial charge is 0.297 e. The summed E-state index contributed by atoms with van der Waals surface area (Å²) in [6.45, 7) is 0. The van der Waals surface area contributed by atoms with E-state index in [9.17, 15) is 4.79 Å². The van der Waals surface area contributed by atoms with Gasteiger partial charge in [0.2, 0.25) is 0 Å². The van der Waals surface area contributed by atoms with E-state index in [1.54, 1.807) is 6.07 Å². The van der Waals surface area contributed by atoms with Crippen molar-refractivity contribution in [2.45, 2.75) is 6.42 Å². The molecule has 0 fully saturated rings. The summed E-state index contributed by atoms with van der Waals surface area (Å²) in [5, 5.41) is 7.86. The monoisotopic (exact) mass is 115 g/mol. The van der Waals surface area contributed by atoms with Gasteiger partial charge >= 0.3 is 5.97 Å². The van der Waals surface area contributed by atoms with Crippen LogP contribution in [0.25, 0.3) is 0 Å². The average Bonchev–Trinajstić information content (AvgIpc) is 1.68. The maximum Gasteiger partial charge on any atom is 0.356 e. The van der Waals surface area contributed by atoms with Gasteiger partial charge in [-0.15, -0.1) is 0 Å². The summed E-state index contributed by atoms with van der Waals surface area (Å²) in [7, 11) is 1.20. The second kappa shape index (κ2) is 4.09. The minimum Gasteiger partial charge on any atom is -0.297 e. The largest absolute Gasteiger partial charge is 0.356 e. The highest BCUT2D eigenvalue weighted by atomic mass is 17.2. The Labute approximate surface area is 46.5 Å². The molecule has 44 valence electrons. The Balaban J connectivity index is 3.23. The van der Waals surface area contributed by atoms with Crippen molar-refractivity contribution >= 4 is 5.97 Å². The van der Waals surface area contributed by atoms with Crippen LogP contribution in [0.4, 0.5) is 0 Å². The Kier molecular flexibility index (Phi) is 3.54. The molecular weight excluding hydrogens is 110 g/mol. The fourth-order valence-corrected chi connectivity index (χ4v) is 0.187. The number of carbonyl (C=O) groups excluding carboxylic acids is 1. The van der Waals surface area contributed by atoms with Gasteiger partial charge < -0.3 is 0 Å². The first-order valence-electron chi connectivity index (χ1n) is 1.91. The lowest BCUT2D eigenvalue weighted by molar-refractivity contribution is -0.253. The first kappa shape index (κ1) is 6.92. The number of hydrogen-bond donors (Lipinski definition) is 0. The van der Waals surface area contributed by atoms with Crippen molar-refractivity contribution in [3.63, 3.8) is 0 Å². The molecule has 0 N–H and O–H groups in total. The Hall–Kier alpha value is -1.08. The molecule has 4 heteroatoms. The second-order valence-electron chi connectivity index (χ2n) is 0.957. The molecule has 0 heterocycles. The standard InChI is InChI=1S/C4H5NO3/c1-7-8-4(6)2-3-5/h2H2,1H3. The van der Waals surface area contributed by atoms with Crippen LogP contribution in [0.3, 0.4) is 0 Å². The molecule has 0 atom stereocenters. The van der Waals surface area contributed by atoms with E-state index in [4.69, 9.17) is 5.26 Å². The molecule has 0 saturated heterocycles. The Bertz CT molecular complexity index is 115. The summed E-state index contributed by atoms with van der Waals surface area (Å²) in [6.07, 6.45) is -0.270. The molecule has 0 aliphatic heterocycles. The summed E-state index contributed by atoms with van der Waals surface area (Å²) in [5.74, 6) is -0.671. The van der Waals surface area contributed by atoms with Crippen molar-refractivity contribution < 1.29 is 14.6 Å². The summed E-state index contributed by atoms with van der Waals surface area (Å²) in [4.78, 5) is 17.9. The van der Waals surface area contributed by atoms with E-state index in [-0.39, 0.29) is 6.42 Å². The van der Waals surface area contributed by atoms with Crippen molar-refractivity contribution in [1.82, 2.24) is 0 Å². The predicted molar refractivity (Wildman–Crippen MR) is 23.3 cm³/mol. The molecule has 0 rings (SSSR count). The van der Waals surface area contributed by atoms with Gasteiger partial charge in [-0.25, -0.2) is 4.79 Å². The van der Waals surface area contributed by atoms with E-state index in [2.05, 4.69) is 9.78 Å². The number of nitrogens with zero attached hydrogens (tertiary/aromatic N) is 1. The normalized spacial score (nSPS) is 7.50. The Morgan fingerprint density at radius 2 is 2.50 bits per heavy atom. The van der Waals surface area contributed by atoms with Crippen LogP contribution in [0, 0.1) is 11.3 Å². The van der Waals surface area contributed by atoms with Crippen LogP contribution in [-0.4, -0.2) is 13.1 Å². The van der Waals surface area contributed by atoms with Crippen LogP contribution >= 0.6 is 0 Å². The van der Waals surface area contributed by atoms with Gasteiger partial charge in [-0.2, -0.15) is 10.1 Å². The zero-order chi connectivity index (χ0) is 6.41. The molecule has 0 aromatic carbocycles. The highest BCUT2D eigenvalue weighted by molar-refractivity contribution is 5.70. The molecule has 4 nitrogen and oxygen atoms in total. The summed E-state index contributed by atoms with van der Waals surface area (Å²) in [5.41, 5.74) is 0.